The molecule has 7 heteroatoms. The normalized spacial score (nSPS) is 12.4. The maximum atomic E-state index is 13.7. The van der Waals surface area contributed by atoms with Crippen LogP contribution in [0.15, 0.2) is 17.0 Å². The van der Waals surface area contributed by atoms with Gasteiger partial charge in [0.2, 0.25) is 10.0 Å². The molecule has 0 saturated heterocycles. The van der Waals surface area contributed by atoms with Crippen LogP contribution in [-0.2, 0) is 16.6 Å². The first-order valence-corrected chi connectivity index (χ1v) is 8.18. The van der Waals surface area contributed by atoms with Crippen LogP contribution >= 0.6 is 11.6 Å². The van der Waals surface area contributed by atoms with E-state index in [-0.39, 0.29) is 21.5 Å². The molecule has 0 fully saturated rings. The number of sulfonamides is 1. The molecule has 0 saturated carbocycles. The summed E-state index contributed by atoms with van der Waals surface area (Å²) >= 11 is 5.68. The summed E-state index contributed by atoms with van der Waals surface area (Å²) in [4.78, 5) is -0.189. The molecule has 0 spiro atoms. The Bertz CT molecular complexity index is 575. The van der Waals surface area contributed by atoms with Crippen molar-refractivity contribution in [2.24, 2.45) is 0 Å². The SMILES string of the molecule is CCCN(C(C)C)S(=O)(=O)c1cc(F)c(Cl)c(CO)c1. The first-order chi connectivity index (χ1) is 9.25. The van der Waals surface area contributed by atoms with E-state index in [0.717, 1.165) is 6.07 Å². The van der Waals surface area contributed by atoms with Crippen LogP contribution in [0.25, 0.3) is 0 Å². The number of hydrogen-bond donors (Lipinski definition) is 1. The van der Waals surface area contributed by atoms with Crippen molar-refractivity contribution in [1.82, 2.24) is 4.31 Å². The predicted molar refractivity (Wildman–Crippen MR) is 76.7 cm³/mol. The lowest BCUT2D eigenvalue weighted by Crippen LogP contribution is -2.37. The van der Waals surface area contributed by atoms with Gasteiger partial charge in [-0.15, -0.1) is 0 Å². The van der Waals surface area contributed by atoms with Gasteiger partial charge < -0.3 is 5.11 Å². The molecule has 0 radical (unpaired) electrons. The molecule has 114 valence electrons. The average molecular weight is 324 g/mol. The zero-order chi connectivity index (χ0) is 15.5. The summed E-state index contributed by atoms with van der Waals surface area (Å²) < 4.78 is 40.0. The topological polar surface area (TPSA) is 57.6 Å². The Kier molecular flexibility index (Phi) is 5.94. The Morgan fingerprint density at radius 3 is 2.45 bits per heavy atom. The summed E-state index contributed by atoms with van der Waals surface area (Å²) in [6, 6.07) is 1.87. The summed E-state index contributed by atoms with van der Waals surface area (Å²) in [7, 11) is -3.81. The molecule has 0 heterocycles. The molecule has 1 aromatic rings. The predicted octanol–water partition coefficient (Wildman–Crippen LogP) is 2.78. The van der Waals surface area contributed by atoms with E-state index in [9.17, 15) is 12.8 Å². The van der Waals surface area contributed by atoms with Gasteiger partial charge in [-0.1, -0.05) is 18.5 Å². The van der Waals surface area contributed by atoms with Gasteiger partial charge in [-0.05, 0) is 32.4 Å². The second kappa shape index (κ2) is 6.85. The molecule has 4 nitrogen and oxygen atoms in total. The maximum absolute atomic E-state index is 13.7. The Labute approximate surface area is 124 Å². The molecule has 20 heavy (non-hydrogen) atoms. The molecule has 0 aromatic heterocycles. The lowest BCUT2D eigenvalue weighted by Gasteiger charge is -2.25. The smallest absolute Gasteiger partial charge is 0.243 e. The van der Waals surface area contributed by atoms with E-state index >= 15 is 0 Å². The van der Waals surface area contributed by atoms with Gasteiger partial charge in [0.1, 0.15) is 5.82 Å². The second-order valence-electron chi connectivity index (χ2n) is 4.75. The molecule has 1 aromatic carbocycles. The summed E-state index contributed by atoms with van der Waals surface area (Å²) in [5.74, 6) is -0.850. The Hall–Kier alpha value is -0.690. The van der Waals surface area contributed by atoms with Crippen LogP contribution in [0.3, 0.4) is 0 Å². The van der Waals surface area contributed by atoms with Gasteiger partial charge in [-0.25, -0.2) is 12.8 Å². The van der Waals surface area contributed by atoms with E-state index in [2.05, 4.69) is 0 Å². The third-order valence-electron chi connectivity index (χ3n) is 2.87. The highest BCUT2D eigenvalue weighted by Gasteiger charge is 2.27. The molecular formula is C13H19ClFNO3S. The third kappa shape index (κ3) is 3.49. The van der Waals surface area contributed by atoms with Gasteiger partial charge >= 0.3 is 0 Å². The second-order valence-corrected chi connectivity index (χ2v) is 7.01. The van der Waals surface area contributed by atoms with Crippen molar-refractivity contribution in [2.75, 3.05) is 6.54 Å². The zero-order valence-electron chi connectivity index (χ0n) is 11.7. The number of aliphatic hydroxyl groups excluding tert-OH is 1. The first kappa shape index (κ1) is 17.4. The van der Waals surface area contributed by atoms with Gasteiger partial charge in [0.05, 0.1) is 16.5 Å². The van der Waals surface area contributed by atoms with E-state index in [1.54, 1.807) is 13.8 Å². The zero-order valence-corrected chi connectivity index (χ0v) is 13.3. The van der Waals surface area contributed by atoms with Crippen molar-refractivity contribution in [2.45, 2.75) is 44.7 Å². The molecule has 0 aliphatic rings. The summed E-state index contributed by atoms with van der Waals surface area (Å²) in [6.07, 6.45) is 0.653. The van der Waals surface area contributed by atoms with Crippen molar-refractivity contribution in [1.29, 1.82) is 0 Å². The average Bonchev–Trinajstić information content (AvgIpc) is 2.38. The van der Waals surface area contributed by atoms with Crippen LogP contribution < -0.4 is 0 Å². The monoisotopic (exact) mass is 323 g/mol. The lowest BCUT2D eigenvalue weighted by molar-refractivity contribution is 0.281. The molecule has 0 bridgehead atoms. The van der Waals surface area contributed by atoms with Gasteiger partial charge in [-0.2, -0.15) is 4.31 Å². The van der Waals surface area contributed by atoms with Crippen LogP contribution in [0.4, 0.5) is 4.39 Å². The Morgan fingerprint density at radius 2 is 2.00 bits per heavy atom. The number of rotatable bonds is 6. The van der Waals surface area contributed by atoms with E-state index in [4.69, 9.17) is 16.7 Å². The van der Waals surface area contributed by atoms with Crippen LogP contribution in [-0.4, -0.2) is 30.4 Å². The van der Waals surface area contributed by atoms with E-state index < -0.39 is 22.4 Å². The molecule has 0 aliphatic heterocycles. The van der Waals surface area contributed by atoms with Gasteiger partial charge in [-0.3, -0.25) is 0 Å². The minimum absolute atomic E-state index is 0.0606. The van der Waals surface area contributed by atoms with E-state index in [1.807, 2.05) is 6.92 Å². The van der Waals surface area contributed by atoms with Crippen LogP contribution in [0.5, 0.6) is 0 Å². The third-order valence-corrected chi connectivity index (χ3v) is 5.35. The van der Waals surface area contributed by atoms with Gasteiger partial charge in [0.15, 0.2) is 0 Å². The number of hydrogen-bond acceptors (Lipinski definition) is 3. The van der Waals surface area contributed by atoms with Crippen LogP contribution in [0.2, 0.25) is 5.02 Å². The van der Waals surface area contributed by atoms with Crippen molar-refractivity contribution in [3.8, 4) is 0 Å². The number of halogens is 2. The standard InChI is InChI=1S/C13H19ClFNO3S/c1-4-5-16(9(2)3)20(18,19)11-6-10(8-17)13(14)12(15)7-11/h6-7,9,17H,4-5,8H2,1-3H3. The Balaban J connectivity index is 3.38. The first-order valence-electron chi connectivity index (χ1n) is 6.36. The fraction of sp³-hybridized carbons (Fsp3) is 0.538. The Morgan fingerprint density at radius 1 is 1.40 bits per heavy atom. The maximum Gasteiger partial charge on any atom is 0.243 e. The van der Waals surface area contributed by atoms with Crippen molar-refractivity contribution in [3.63, 3.8) is 0 Å². The fourth-order valence-corrected chi connectivity index (χ4v) is 3.86. The summed E-state index contributed by atoms with van der Waals surface area (Å²) in [6.45, 7) is 5.21. The summed E-state index contributed by atoms with van der Waals surface area (Å²) in [5.41, 5.74) is 0.0606. The molecule has 0 aliphatic carbocycles. The number of aliphatic hydroxyl groups is 1. The molecular weight excluding hydrogens is 305 g/mol. The van der Waals surface area contributed by atoms with Crippen molar-refractivity contribution < 1.29 is 17.9 Å². The highest BCUT2D eigenvalue weighted by atomic mass is 35.5. The van der Waals surface area contributed by atoms with Crippen molar-refractivity contribution in [3.05, 3.63) is 28.5 Å². The minimum Gasteiger partial charge on any atom is -0.392 e. The summed E-state index contributed by atoms with van der Waals surface area (Å²) in [5, 5.41) is 8.87. The largest absolute Gasteiger partial charge is 0.392 e. The minimum atomic E-state index is -3.81. The van der Waals surface area contributed by atoms with E-state index in [0.29, 0.717) is 13.0 Å². The van der Waals surface area contributed by atoms with Gasteiger partial charge in [0, 0.05) is 18.2 Å². The molecule has 0 amide bonds. The van der Waals surface area contributed by atoms with Gasteiger partial charge in [0.25, 0.3) is 0 Å². The fourth-order valence-electron chi connectivity index (χ4n) is 1.89. The molecule has 0 atom stereocenters. The molecule has 0 unspecified atom stereocenters. The van der Waals surface area contributed by atoms with Crippen LogP contribution in [0, 0.1) is 5.82 Å². The number of nitrogens with zero attached hydrogens (tertiary/aromatic N) is 1. The van der Waals surface area contributed by atoms with Crippen molar-refractivity contribution >= 4 is 21.6 Å². The number of benzene rings is 1. The lowest BCUT2D eigenvalue weighted by atomic mass is 10.2. The van der Waals surface area contributed by atoms with Crippen LogP contribution in [0.1, 0.15) is 32.8 Å². The highest BCUT2D eigenvalue weighted by molar-refractivity contribution is 7.89. The highest BCUT2D eigenvalue weighted by Crippen LogP contribution is 2.27. The molecule has 1 rings (SSSR count). The van der Waals surface area contributed by atoms with E-state index in [1.165, 1.54) is 10.4 Å². The molecule has 1 N–H and O–H groups in total. The quantitative estimate of drug-likeness (QED) is 0.875.